The summed E-state index contributed by atoms with van der Waals surface area (Å²) >= 11 is 0. The molecule has 0 amide bonds. The molecule has 0 radical (unpaired) electrons. The van der Waals surface area contributed by atoms with Crippen molar-refractivity contribution in [2.75, 3.05) is 32.9 Å². The molecule has 1 aliphatic heterocycles. The van der Waals surface area contributed by atoms with Gasteiger partial charge >= 0.3 is 0 Å². The lowest BCUT2D eigenvalue weighted by Gasteiger charge is -2.41. The summed E-state index contributed by atoms with van der Waals surface area (Å²) in [4.78, 5) is 2.42. The monoisotopic (exact) mass is 333 g/mol. The highest BCUT2D eigenvalue weighted by Crippen LogP contribution is 2.35. The van der Waals surface area contributed by atoms with Crippen LogP contribution in [0.5, 0.6) is 5.75 Å². The first-order valence-electron chi connectivity index (χ1n) is 8.87. The third kappa shape index (κ3) is 5.33. The number of ether oxygens (including phenoxy) is 1. The predicted molar refractivity (Wildman–Crippen MR) is 97.1 cm³/mol. The standard InChI is InChI=1S/C20H31NO3/c1-17(2)8-10-20(16-23)9-5-11-21(15-20)14-18-6-3-4-7-19(18)24-13-12-22/h3-4,6-8,22-23H,5,9-16H2,1-2H3. The van der Waals surface area contributed by atoms with Crippen LogP contribution in [0.4, 0.5) is 0 Å². The Labute approximate surface area is 145 Å². The molecule has 24 heavy (non-hydrogen) atoms. The van der Waals surface area contributed by atoms with Crippen molar-refractivity contribution >= 4 is 0 Å². The second-order valence-electron chi connectivity index (χ2n) is 7.14. The fourth-order valence-electron chi connectivity index (χ4n) is 3.40. The van der Waals surface area contributed by atoms with E-state index < -0.39 is 0 Å². The Morgan fingerprint density at radius 3 is 2.79 bits per heavy atom. The Bertz CT molecular complexity index is 539. The van der Waals surface area contributed by atoms with Gasteiger partial charge in [-0.1, -0.05) is 29.8 Å². The van der Waals surface area contributed by atoms with Gasteiger partial charge in [0, 0.05) is 24.1 Å². The Hall–Kier alpha value is -1.36. The number of hydrogen-bond acceptors (Lipinski definition) is 4. The van der Waals surface area contributed by atoms with Crippen LogP contribution >= 0.6 is 0 Å². The van der Waals surface area contributed by atoms with Crippen molar-refractivity contribution in [1.29, 1.82) is 0 Å². The third-order valence-corrected chi connectivity index (χ3v) is 4.73. The normalized spacial score (nSPS) is 21.5. The molecular weight excluding hydrogens is 302 g/mol. The molecule has 2 N–H and O–H groups in total. The van der Waals surface area contributed by atoms with Gasteiger partial charge in [0.05, 0.1) is 13.2 Å². The van der Waals surface area contributed by atoms with Crippen LogP contribution in [-0.2, 0) is 6.54 Å². The Kier molecular flexibility index (Phi) is 7.28. The molecule has 0 aliphatic carbocycles. The Balaban J connectivity index is 2.06. The maximum Gasteiger partial charge on any atom is 0.123 e. The number of allylic oxidation sites excluding steroid dienone is 2. The number of likely N-dealkylation sites (tertiary alicyclic amines) is 1. The first-order chi connectivity index (χ1) is 11.6. The lowest BCUT2D eigenvalue weighted by molar-refractivity contribution is 0.0303. The topological polar surface area (TPSA) is 52.9 Å². The van der Waals surface area contributed by atoms with Crippen LogP contribution in [0.2, 0.25) is 0 Å². The van der Waals surface area contributed by atoms with Crippen molar-refractivity contribution in [3.8, 4) is 5.75 Å². The lowest BCUT2D eigenvalue weighted by atomic mass is 9.77. The van der Waals surface area contributed by atoms with Crippen LogP contribution in [0.15, 0.2) is 35.9 Å². The maximum atomic E-state index is 10.0. The number of aliphatic hydroxyl groups is 2. The average molecular weight is 333 g/mol. The zero-order valence-electron chi connectivity index (χ0n) is 15.0. The van der Waals surface area contributed by atoms with Crippen molar-refractivity contribution in [3.63, 3.8) is 0 Å². The summed E-state index contributed by atoms with van der Waals surface area (Å²) < 4.78 is 5.65. The number of hydrogen-bond donors (Lipinski definition) is 2. The summed E-state index contributed by atoms with van der Waals surface area (Å²) in [6.07, 6.45) is 5.37. The molecule has 1 unspecified atom stereocenters. The van der Waals surface area contributed by atoms with E-state index in [4.69, 9.17) is 9.84 Å². The van der Waals surface area contributed by atoms with E-state index in [1.807, 2.05) is 18.2 Å². The molecule has 1 saturated heterocycles. The molecule has 1 aromatic carbocycles. The molecular formula is C20H31NO3. The van der Waals surface area contributed by atoms with Crippen LogP contribution in [0.1, 0.15) is 38.7 Å². The van der Waals surface area contributed by atoms with Crippen LogP contribution in [0.25, 0.3) is 0 Å². The summed E-state index contributed by atoms with van der Waals surface area (Å²) in [7, 11) is 0. The molecule has 1 atom stereocenters. The number of rotatable bonds is 8. The third-order valence-electron chi connectivity index (χ3n) is 4.73. The highest BCUT2D eigenvalue weighted by Gasteiger charge is 2.34. The average Bonchev–Trinajstić information content (AvgIpc) is 2.59. The minimum atomic E-state index is -0.0313. The van der Waals surface area contributed by atoms with E-state index in [0.29, 0.717) is 6.61 Å². The van der Waals surface area contributed by atoms with Gasteiger partial charge in [0.25, 0.3) is 0 Å². The van der Waals surface area contributed by atoms with E-state index in [0.717, 1.165) is 50.2 Å². The summed E-state index contributed by atoms with van der Waals surface area (Å²) in [6.45, 7) is 7.56. The largest absolute Gasteiger partial charge is 0.491 e. The molecule has 4 heteroatoms. The second-order valence-corrected chi connectivity index (χ2v) is 7.14. The second kappa shape index (κ2) is 9.21. The minimum absolute atomic E-state index is 0.0222. The van der Waals surface area contributed by atoms with Crippen LogP contribution in [0.3, 0.4) is 0 Å². The molecule has 134 valence electrons. The van der Waals surface area contributed by atoms with Crippen molar-refractivity contribution in [2.24, 2.45) is 5.41 Å². The molecule has 0 aromatic heterocycles. The van der Waals surface area contributed by atoms with Crippen LogP contribution < -0.4 is 4.74 Å². The number of nitrogens with zero attached hydrogens (tertiary/aromatic N) is 1. The number of aliphatic hydroxyl groups excluding tert-OH is 2. The fourth-order valence-corrected chi connectivity index (χ4v) is 3.40. The first kappa shape index (κ1) is 19.0. The van der Waals surface area contributed by atoms with E-state index in [1.165, 1.54) is 5.57 Å². The van der Waals surface area contributed by atoms with Crippen molar-refractivity contribution in [1.82, 2.24) is 4.90 Å². The quantitative estimate of drug-likeness (QED) is 0.718. The van der Waals surface area contributed by atoms with E-state index in [9.17, 15) is 5.11 Å². The van der Waals surface area contributed by atoms with Gasteiger partial charge < -0.3 is 14.9 Å². The summed E-state index contributed by atoms with van der Waals surface area (Å²) in [6, 6.07) is 8.02. The molecule has 0 saturated carbocycles. The Morgan fingerprint density at radius 2 is 2.08 bits per heavy atom. The molecule has 1 aliphatic rings. The number of piperidine rings is 1. The lowest BCUT2D eigenvalue weighted by Crippen LogP contribution is -2.44. The van der Waals surface area contributed by atoms with Gasteiger partial charge in [-0.3, -0.25) is 4.90 Å². The molecule has 1 heterocycles. The van der Waals surface area contributed by atoms with E-state index in [2.05, 4.69) is 30.9 Å². The Morgan fingerprint density at radius 1 is 1.29 bits per heavy atom. The molecule has 1 aromatic rings. The van der Waals surface area contributed by atoms with E-state index >= 15 is 0 Å². The zero-order valence-corrected chi connectivity index (χ0v) is 15.0. The van der Waals surface area contributed by atoms with Gasteiger partial charge in [0.2, 0.25) is 0 Å². The molecule has 4 nitrogen and oxygen atoms in total. The van der Waals surface area contributed by atoms with Gasteiger partial charge in [-0.15, -0.1) is 0 Å². The minimum Gasteiger partial charge on any atom is -0.491 e. The SMILES string of the molecule is CC(C)=CCC1(CO)CCCN(Cc2ccccc2OCCO)C1. The van der Waals surface area contributed by atoms with Crippen molar-refractivity contribution < 1.29 is 14.9 Å². The van der Waals surface area contributed by atoms with E-state index in [-0.39, 0.29) is 18.6 Å². The fraction of sp³-hybridized carbons (Fsp3) is 0.600. The van der Waals surface area contributed by atoms with Gasteiger partial charge in [0.1, 0.15) is 12.4 Å². The smallest absolute Gasteiger partial charge is 0.123 e. The zero-order chi connectivity index (χ0) is 17.4. The van der Waals surface area contributed by atoms with Gasteiger partial charge in [0.15, 0.2) is 0 Å². The van der Waals surface area contributed by atoms with Crippen LogP contribution in [0, 0.1) is 5.41 Å². The highest BCUT2D eigenvalue weighted by atomic mass is 16.5. The molecule has 1 fully saturated rings. The van der Waals surface area contributed by atoms with Crippen molar-refractivity contribution in [2.45, 2.75) is 39.7 Å². The highest BCUT2D eigenvalue weighted by molar-refractivity contribution is 5.33. The maximum absolute atomic E-state index is 10.0. The first-order valence-corrected chi connectivity index (χ1v) is 8.87. The number of para-hydroxylation sites is 1. The predicted octanol–water partition coefficient (Wildman–Crippen LogP) is 2.99. The molecule has 0 spiro atoms. The van der Waals surface area contributed by atoms with Crippen molar-refractivity contribution in [3.05, 3.63) is 41.5 Å². The molecule has 2 rings (SSSR count). The van der Waals surface area contributed by atoms with Gasteiger partial charge in [-0.05, 0) is 45.7 Å². The van der Waals surface area contributed by atoms with Gasteiger partial charge in [-0.25, -0.2) is 0 Å². The summed E-state index contributed by atoms with van der Waals surface area (Å²) in [5.41, 5.74) is 2.42. The van der Waals surface area contributed by atoms with Gasteiger partial charge in [-0.2, -0.15) is 0 Å². The van der Waals surface area contributed by atoms with E-state index in [1.54, 1.807) is 0 Å². The summed E-state index contributed by atoms with van der Waals surface area (Å²) in [5.74, 6) is 0.844. The molecule has 0 bridgehead atoms. The summed E-state index contributed by atoms with van der Waals surface area (Å²) in [5, 5.41) is 19.0. The van der Waals surface area contributed by atoms with Crippen LogP contribution in [-0.4, -0.2) is 48.0 Å². The number of benzene rings is 1.